The molecular weight excluding hydrogens is 424 g/mol. The first-order valence-corrected chi connectivity index (χ1v) is 10.4. The minimum Gasteiger partial charge on any atom is -0.507 e. The zero-order chi connectivity index (χ0) is 23.1. The van der Waals surface area contributed by atoms with Crippen LogP contribution in [0.1, 0.15) is 65.9 Å². The molecule has 1 aromatic carbocycles. The average Bonchev–Trinajstić information content (AvgIpc) is 3.10. The summed E-state index contributed by atoms with van der Waals surface area (Å²) in [4.78, 5) is 37.7. The maximum absolute atomic E-state index is 13.0. The number of benzene rings is 1. The molecule has 2 fully saturated rings. The topological polar surface area (TPSA) is 160 Å². The van der Waals surface area contributed by atoms with E-state index in [-0.39, 0.29) is 35.1 Å². The number of aromatic hydroxyl groups is 1. The van der Waals surface area contributed by atoms with Crippen molar-refractivity contribution in [1.29, 1.82) is 0 Å². The van der Waals surface area contributed by atoms with E-state index in [1.54, 1.807) is 6.92 Å². The molecule has 3 heterocycles. The van der Waals surface area contributed by atoms with Gasteiger partial charge in [-0.2, -0.15) is 0 Å². The fourth-order valence-corrected chi connectivity index (χ4v) is 5.07. The highest BCUT2D eigenvalue weighted by molar-refractivity contribution is 6.53. The van der Waals surface area contributed by atoms with Gasteiger partial charge < -0.3 is 34.6 Å². The second kappa shape index (κ2) is 7.11. The van der Waals surface area contributed by atoms with E-state index in [0.717, 1.165) is 0 Å². The normalized spacial score (nSPS) is 36.5. The monoisotopic (exact) mass is 446 g/mol. The fourth-order valence-electron chi connectivity index (χ4n) is 5.07. The molecule has 7 atom stereocenters. The second-order valence-corrected chi connectivity index (χ2v) is 8.63. The number of esters is 1. The van der Waals surface area contributed by atoms with E-state index in [4.69, 9.17) is 14.2 Å². The van der Waals surface area contributed by atoms with Gasteiger partial charge in [-0.3, -0.25) is 14.4 Å². The first kappa shape index (κ1) is 21.1. The minimum atomic E-state index is -1.22. The predicted octanol–water partition coefficient (Wildman–Crippen LogP) is 0.774. The van der Waals surface area contributed by atoms with Gasteiger partial charge in [0.25, 0.3) is 0 Å². The largest absolute Gasteiger partial charge is 0.507 e. The minimum absolute atomic E-state index is 0.0325. The molecule has 2 saturated heterocycles. The quantitative estimate of drug-likeness (QED) is 0.358. The number of hydrogen-bond acceptors (Lipinski definition) is 10. The molecular formula is C22H22O10. The molecule has 1 aliphatic carbocycles. The maximum Gasteiger partial charge on any atom is 0.309 e. The number of carbonyl (C=O) groups excluding carboxylic acids is 3. The molecule has 4 aliphatic rings. The van der Waals surface area contributed by atoms with Crippen molar-refractivity contribution in [1.82, 2.24) is 0 Å². The molecule has 5 rings (SSSR count). The van der Waals surface area contributed by atoms with E-state index in [0.29, 0.717) is 5.56 Å². The van der Waals surface area contributed by atoms with Gasteiger partial charge in [-0.25, -0.2) is 0 Å². The van der Waals surface area contributed by atoms with Crippen molar-refractivity contribution in [3.8, 4) is 5.75 Å². The van der Waals surface area contributed by atoms with Crippen LogP contribution in [0.2, 0.25) is 0 Å². The number of ketones is 2. The summed E-state index contributed by atoms with van der Waals surface area (Å²) >= 11 is 0. The molecule has 0 spiro atoms. The average molecular weight is 446 g/mol. The highest BCUT2D eigenvalue weighted by Gasteiger charge is 2.48. The van der Waals surface area contributed by atoms with Crippen LogP contribution < -0.4 is 0 Å². The highest BCUT2D eigenvalue weighted by atomic mass is 16.6. The lowest BCUT2D eigenvalue weighted by atomic mass is 9.79. The molecule has 170 valence electrons. The number of phenolic OH excluding ortho intramolecular Hbond substituents is 1. The Bertz CT molecular complexity index is 1080. The van der Waals surface area contributed by atoms with Gasteiger partial charge in [0.05, 0.1) is 42.0 Å². The first-order valence-electron chi connectivity index (χ1n) is 10.4. The maximum atomic E-state index is 13.0. The van der Waals surface area contributed by atoms with Gasteiger partial charge >= 0.3 is 5.97 Å². The van der Waals surface area contributed by atoms with Crippen molar-refractivity contribution in [2.45, 2.75) is 69.4 Å². The smallest absolute Gasteiger partial charge is 0.309 e. The number of rotatable bonds is 1. The number of Topliss-reactive ketones (excluding diaryl/α,β-unsaturated/α-hetero) is 2. The molecule has 0 radical (unpaired) electrons. The molecule has 1 aromatic rings. The van der Waals surface area contributed by atoms with Crippen LogP contribution in [-0.2, 0) is 23.8 Å². The van der Waals surface area contributed by atoms with Gasteiger partial charge in [0.2, 0.25) is 11.6 Å². The molecule has 3 aliphatic heterocycles. The third-order valence-electron chi connectivity index (χ3n) is 6.65. The van der Waals surface area contributed by atoms with E-state index in [9.17, 15) is 34.8 Å². The van der Waals surface area contributed by atoms with Crippen LogP contribution in [0.5, 0.6) is 5.75 Å². The van der Waals surface area contributed by atoms with Gasteiger partial charge in [-0.15, -0.1) is 0 Å². The lowest BCUT2D eigenvalue weighted by molar-refractivity contribution is -0.153. The Balaban J connectivity index is 1.67. The van der Waals surface area contributed by atoms with Crippen LogP contribution in [0, 0.1) is 0 Å². The number of fused-ring (bicyclic) bond motifs is 4. The number of ether oxygens (including phenoxy) is 3. The van der Waals surface area contributed by atoms with Gasteiger partial charge in [0, 0.05) is 23.1 Å². The van der Waals surface area contributed by atoms with E-state index < -0.39 is 71.8 Å². The Hall–Kier alpha value is -2.79. The zero-order valence-corrected chi connectivity index (χ0v) is 17.3. The summed E-state index contributed by atoms with van der Waals surface area (Å²) in [7, 11) is 0. The van der Waals surface area contributed by atoms with Gasteiger partial charge in [0.1, 0.15) is 23.7 Å². The summed E-state index contributed by atoms with van der Waals surface area (Å²) in [5, 5.41) is 42.0. The fraction of sp³-hybridized carbons (Fsp3) is 0.500. The second-order valence-electron chi connectivity index (χ2n) is 8.63. The third kappa shape index (κ3) is 2.83. The predicted molar refractivity (Wildman–Crippen MR) is 105 cm³/mol. The van der Waals surface area contributed by atoms with Crippen LogP contribution in [0.25, 0.3) is 5.76 Å². The number of phenols is 1. The Labute approximate surface area is 182 Å². The summed E-state index contributed by atoms with van der Waals surface area (Å²) < 4.78 is 16.7. The lowest BCUT2D eigenvalue weighted by Crippen LogP contribution is -2.49. The Morgan fingerprint density at radius 1 is 1.03 bits per heavy atom. The van der Waals surface area contributed by atoms with E-state index >= 15 is 0 Å². The van der Waals surface area contributed by atoms with Crippen molar-refractivity contribution < 1.29 is 49.0 Å². The summed E-state index contributed by atoms with van der Waals surface area (Å²) in [5.74, 6) is -3.66. The van der Waals surface area contributed by atoms with E-state index in [2.05, 4.69) is 0 Å². The molecule has 0 aromatic heterocycles. The first-order chi connectivity index (χ1) is 15.1. The highest BCUT2D eigenvalue weighted by Crippen LogP contribution is 2.50. The van der Waals surface area contributed by atoms with Crippen LogP contribution >= 0.6 is 0 Å². The molecule has 10 nitrogen and oxygen atoms in total. The van der Waals surface area contributed by atoms with Crippen LogP contribution in [-0.4, -0.2) is 68.5 Å². The summed E-state index contributed by atoms with van der Waals surface area (Å²) in [6, 6.07) is 1.43. The lowest BCUT2D eigenvalue weighted by Gasteiger charge is -2.37. The molecule has 0 amide bonds. The van der Waals surface area contributed by atoms with Crippen LogP contribution in [0.15, 0.2) is 11.6 Å². The number of aliphatic hydroxyl groups excluding tert-OH is 3. The molecule has 10 heteroatoms. The van der Waals surface area contributed by atoms with Crippen molar-refractivity contribution in [3.05, 3.63) is 33.9 Å². The van der Waals surface area contributed by atoms with Crippen LogP contribution in [0.4, 0.5) is 0 Å². The van der Waals surface area contributed by atoms with Gasteiger partial charge in [-0.1, -0.05) is 0 Å². The molecule has 0 saturated carbocycles. The summed E-state index contributed by atoms with van der Waals surface area (Å²) in [5.41, 5.74) is -0.193. The number of hydrogen-bond donors (Lipinski definition) is 4. The van der Waals surface area contributed by atoms with E-state index in [1.165, 1.54) is 13.0 Å². The standard InChI is InChI=1S/C22H22O10/c1-6-14-9(22-12(30-6)5-13(24)32-22)3-8-15(19(14)27)20(28)21(29)16(18(8)26)11-4-10(23)17(25)7(2)31-11/h3,6-7,10-12,17,22-23,25-27H,4-5H2,1-2H3/t6-,7+,10-,11-,12+,17+,22+/m0/s1. The summed E-state index contributed by atoms with van der Waals surface area (Å²) in [6.45, 7) is 3.14. The zero-order valence-electron chi connectivity index (χ0n) is 17.3. The Kier molecular flexibility index (Phi) is 4.68. The van der Waals surface area contributed by atoms with Gasteiger partial charge in [-0.05, 0) is 19.9 Å². The summed E-state index contributed by atoms with van der Waals surface area (Å²) in [6.07, 6.45) is -6.63. The molecule has 32 heavy (non-hydrogen) atoms. The van der Waals surface area contributed by atoms with Crippen LogP contribution in [0.3, 0.4) is 0 Å². The Morgan fingerprint density at radius 3 is 2.44 bits per heavy atom. The number of aliphatic hydroxyl groups is 3. The number of carbonyl (C=O) groups is 3. The van der Waals surface area contributed by atoms with Gasteiger partial charge in [0.15, 0.2) is 6.10 Å². The molecule has 0 bridgehead atoms. The third-order valence-corrected chi connectivity index (χ3v) is 6.65. The van der Waals surface area contributed by atoms with Crippen molar-refractivity contribution in [2.75, 3.05) is 0 Å². The van der Waals surface area contributed by atoms with Crippen molar-refractivity contribution >= 4 is 23.3 Å². The molecule has 0 unspecified atom stereocenters. The molecule has 4 N–H and O–H groups in total. The van der Waals surface area contributed by atoms with Crippen molar-refractivity contribution in [3.63, 3.8) is 0 Å². The SMILES string of the molecule is C[C@@H]1O[C@@H]2CC(=O)O[C@@H]2c2cc3c(c(O)c21)C(=O)C(=O)C([C@@H]1C[C@H](O)[C@H](O)[C@@H](C)O1)=C3O. The van der Waals surface area contributed by atoms with Crippen molar-refractivity contribution in [2.24, 2.45) is 0 Å². The Morgan fingerprint density at radius 2 is 1.75 bits per heavy atom. The van der Waals surface area contributed by atoms with E-state index in [1.807, 2.05) is 0 Å².